The largest absolute Gasteiger partial charge is 0.374 e. The Kier molecular flexibility index (Phi) is 5.79. The van der Waals surface area contributed by atoms with Gasteiger partial charge in [0.05, 0.1) is 12.2 Å². The molecule has 0 saturated carbocycles. The Morgan fingerprint density at radius 1 is 1.29 bits per heavy atom. The SMILES string of the molecule is CCCC1NC(=O)C(C)(CC)N(CCOC(C)(C)C)C1=O. The minimum Gasteiger partial charge on any atom is -0.374 e. The number of carbonyl (C=O) groups excluding carboxylic acids is 2. The lowest BCUT2D eigenvalue weighted by molar-refractivity contribution is -0.158. The molecule has 1 aliphatic rings. The van der Waals surface area contributed by atoms with Crippen LogP contribution in [0.3, 0.4) is 0 Å². The molecule has 0 aromatic heterocycles. The molecule has 0 aliphatic carbocycles. The summed E-state index contributed by atoms with van der Waals surface area (Å²) in [7, 11) is 0. The number of carbonyl (C=O) groups is 2. The number of hydrogen-bond donors (Lipinski definition) is 1. The van der Waals surface area contributed by atoms with E-state index in [2.05, 4.69) is 5.32 Å². The van der Waals surface area contributed by atoms with E-state index in [-0.39, 0.29) is 17.4 Å². The zero-order valence-electron chi connectivity index (χ0n) is 14.3. The first-order valence-electron chi connectivity index (χ1n) is 7.92. The Morgan fingerprint density at radius 2 is 1.90 bits per heavy atom. The lowest BCUT2D eigenvalue weighted by Crippen LogP contribution is -2.69. The second-order valence-corrected chi connectivity index (χ2v) is 6.89. The van der Waals surface area contributed by atoms with Crippen LogP contribution in [0.25, 0.3) is 0 Å². The summed E-state index contributed by atoms with van der Waals surface area (Å²) in [4.78, 5) is 26.8. The molecule has 1 fully saturated rings. The molecule has 0 radical (unpaired) electrons. The van der Waals surface area contributed by atoms with Gasteiger partial charge in [-0.2, -0.15) is 0 Å². The van der Waals surface area contributed by atoms with Crippen molar-refractivity contribution in [1.82, 2.24) is 10.2 Å². The van der Waals surface area contributed by atoms with Gasteiger partial charge >= 0.3 is 0 Å². The lowest BCUT2D eigenvalue weighted by atomic mass is 9.89. The summed E-state index contributed by atoms with van der Waals surface area (Å²) in [5.74, 6) is -0.0443. The van der Waals surface area contributed by atoms with Gasteiger partial charge in [-0.1, -0.05) is 20.3 Å². The molecule has 0 bridgehead atoms. The monoisotopic (exact) mass is 298 g/mol. The maximum absolute atomic E-state index is 12.6. The average molecular weight is 298 g/mol. The summed E-state index contributed by atoms with van der Waals surface area (Å²) in [6.45, 7) is 12.6. The van der Waals surface area contributed by atoms with Gasteiger partial charge in [0.25, 0.3) is 0 Å². The molecule has 0 spiro atoms. The van der Waals surface area contributed by atoms with E-state index in [0.717, 1.165) is 6.42 Å². The van der Waals surface area contributed by atoms with Gasteiger partial charge in [0, 0.05) is 6.54 Å². The topological polar surface area (TPSA) is 58.6 Å². The maximum atomic E-state index is 12.6. The van der Waals surface area contributed by atoms with Crippen molar-refractivity contribution in [2.75, 3.05) is 13.2 Å². The van der Waals surface area contributed by atoms with Gasteiger partial charge in [0.15, 0.2) is 0 Å². The number of rotatable bonds is 6. The highest BCUT2D eigenvalue weighted by Gasteiger charge is 2.47. The van der Waals surface area contributed by atoms with Crippen molar-refractivity contribution in [3.8, 4) is 0 Å². The second kappa shape index (κ2) is 6.77. The van der Waals surface area contributed by atoms with Gasteiger partial charge in [-0.3, -0.25) is 9.59 Å². The van der Waals surface area contributed by atoms with Crippen LogP contribution in [-0.2, 0) is 14.3 Å². The third kappa shape index (κ3) is 4.19. The molecule has 21 heavy (non-hydrogen) atoms. The fourth-order valence-corrected chi connectivity index (χ4v) is 2.57. The minimum atomic E-state index is -0.775. The molecule has 1 saturated heterocycles. The van der Waals surface area contributed by atoms with Crippen molar-refractivity contribution in [1.29, 1.82) is 0 Å². The maximum Gasteiger partial charge on any atom is 0.246 e. The Hall–Kier alpha value is -1.10. The molecule has 1 rings (SSSR count). The Balaban J connectivity index is 2.85. The molecule has 0 aromatic rings. The van der Waals surface area contributed by atoms with Crippen molar-refractivity contribution in [2.45, 2.75) is 78.0 Å². The van der Waals surface area contributed by atoms with E-state index in [1.54, 1.807) is 4.90 Å². The molecule has 2 unspecified atom stereocenters. The number of ether oxygens (including phenoxy) is 1. The number of piperazine rings is 1. The third-order valence-corrected chi connectivity index (χ3v) is 4.07. The summed E-state index contributed by atoms with van der Waals surface area (Å²) in [5.41, 5.74) is -1.02. The Morgan fingerprint density at radius 3 is 2.38 bits per heavy atom. The first-order valence-corrected chi connectivity index (χ1v) is 7.92. The van der Waals surface area contributed by atoms with Gasteiger partial charge in [-0.15, -0.1) is 0 Å². The molecule has 1 aliphatic heterocycles. The molecule has 2 amide bonds. The van der Waals surface area contributed by atoms with E-state index in [1.165, 1.54) is 0 Å². The fraction of sp³-hybridized carbons (Fsp3) is 0.875. The highest BCUT2D eigenvalue weighted by atomic mass is 16.5. The van der Waals surface area contributed by atoms with Crippen molar-refractivity contribution in [2.24, 2.45) is 0 Å². The van der Waals surface area contributed by atoms with E-state index in [0.29, 0.717) is 26.0 Å². The third-order valence-electron chi connectivity index (χ3n) is 4.07. The second-order valence-electron chi connectivity index (χ2n) is 6.89. The molecule has 1 heterocycles. The Labute approximate surface area is 128 Å². The molecule has 2 atom stereocenters. The first kappa shape index (κ1) is 18.0. The Bertz CT molecular complexity index is 389. The van der Waals surface area contributed by atoms with E-state index < -0.39 is 11.6 Å². The average Bonchev–Trinajstić information content (AvgIpc) is 2.39. The molecule has 5 nitrogen and oxygen atoms in total. The summed E-state index contributed by atoms with van der Waals surface area (Å²) < 4.78 is 5.72. The molecule has 5 heteroatoms. The minimum absolute atomic E-state index is 0.0123. The lowest BCUT2D eigenvalue weighted by Gasteiger charge is -2.46. The van der Waals surface area contributed by atoms with Crippen LogP contribution in [0.2, 0.25) is 0 Å². The van der Waals surface area contributed by atoms with Crippen LogP contribution in [0.15, 0.2) is 0 Å². The summed E-state index contributed by atoms with van der Waals surface area (Å²) >= 11 is 0. The van der Waals surface area contributed by atoms with Crippen LogP contribution in [0.5, 0.6) is 0 Å². The van der Waals surface area contributed by atoms with Gasteiger partial charge in [0.1, 0.15) is 11.6 Å². The number of nitrogens with one attached hydrogen (secondary N) is 1. The molecule has 0 aromatic carbocycles. The van der Waals surface area contributed by atoms with Crippen molar-refractivity contribution < 1.29 is 14.3 Å². The summed E-state index contributed by atoms with van der Waals surface area (Å²) in [5, 5.41) is 2.87. The van der Waals surface area contributed by atoms with E-state index in [4.69, 9.17) is 4.74 Å². The molecule has 122 valence electrons. The molecule has 1 N–H and O–H groups in total. The van der Waals surface area contributed by atoms with Crippen molar-refractivity contribution in [3.63, 3.8) is 0 Å². The first-order chi connectivity index (χ1) is 9.65. The van der Waals surface area contributed by atoms with E-state index >= 15 is 0 Å². The normalized spacial score (nSPS) is 27.0. The quantitative estimate of drug-likeness (QED) is 0.817. The van der Waals surface area contributed by atoms with Gasteiger partial charge in [-0.25, -0.2) is 0 Å². The van der Waals surface area contributed by atoms with Crippen LogP contribution < -0.4 is 5.32 Å². The molecular formula is C16H30N2O3. The van der Waals surface area contributed by atoms with Crippen LogP contribution in [0.4, 0.5) is 0 Å². The predicted molar refractivity (Wildman–Crippen MR) is 83.0 cm³/mol. The van der Waals surface area contributed by atoms with Crippen LogP contribution in [0, 0.1) is 0 Å². The predicted octanol–water partition coefficient (Wildman–Crippen LogP) is 2.10. The van der Waals surface area contributed by atoms with Gasteiger partial charge in [-0.05, 0) is 40.5 Å². The number of nitrogens with zero attached hydrogens (tertiary/aromatic N) is 1. The van der Waals surface area contributed by atoms with Crippen LogP contribution in [0.1, 0.15) is 60.8 Å². The highest BCUT2D eigenvalue weighted by Crippen LogP contribution is 2.26. The fourth-order valence-electron chi connectivity index (χ4n) is 2.57. The number of hydrogen-bond acceptors (Lipinski definition) is 3. The zero-order chi connectivity index (χ0) is 16.3. The van der Waals surface area contributed by atoms with Gasteiger partial charge in [0.2, 0.25) is 11.8 Å². The number of amides is 2. The van der Waals surface area contributed by atoms with Crippen LogP contribution >= 0.6 is 0 Å². The van der Waals surface area contributed by atoms with Crippen molar-refractivity contribution in [3.05, 3.63) is 0 Å². The standard InChI is InChI=1S/C16H30N2O3/c1-7-9-12-13(19)18(10-11-21-15(3,4)5)16(6,8-2)14(20)17-12/h12H,7-11H2,1-6H3,(H,17,20). The highest BCUT2D eigenvalue weighted by molar-refractivity contribution is 5.99. The van der Waals surface area contributed by atoms with Gasteiger partial charge < -0.3 is 15.0 Å². The smallest absolute Gasteiger partial charge is 0.246 e. The summed E-state index contributed by atoms with van der Waals surface area (Å²) in [6, 6.07) is -0.392. The van der Waals surface area contributed by atoms with E-state index in [1.807, 2.05) is 41.5 Å². The van der Waals surface area contributed by atoms with Crippen LogP contribution in [-0.4, -0.2) is 47.0 Å². The van der Waals surface area contributed by atoms with E-state index in [9.17, 15) is 9.59 Å². The summed E-state index contributed by atoms with van der Waals surface area (Å²) in [6.07, 6.45) is 2.14. The zero-order valence-corrected chi connectivity index (χ0v) is 14.3. The molecular weight excluding hydrogens is 268 g/mol. The van der Waals surface area contributed by atoms with Crippen molar-refractivity contribution >= 4 is 11.8 Å².